The molecule has 3 aromatic heterocycles. The van der Waals surface area contributed by atoms with E-state index < -0.39 is 0 Å². The smallest absolute Gasteiger partial charge is 0.225 e. The number of nitrogens with zero attached hydrogens (tertiary/aromatic N) is 6. The molecule has 0 N–H and O–H groups in total. The molecule has 3 fully saturated rings. The van der Waals surface area contributed by atoms with Gasteiger partial charge < -0.3 is 9.64 Å². The van der Waals surface area contributed by atoms with Gasteiger partial charge in [-0.05, 0) is 91.1 Å². The third-order valence-electron chi connectivity index (χ3n) is 8.69. The molecule has 0 bridgehead atoms. The van der Waals surface area contributed by atoms with Gasteiger partial charge >= 0.3 is 0 Å². The minimum Gasteiger partial charge on any atom is -0.373 e. The van der Waals surface area contributed by atoms with Gasteiger partial charge in [0.25, 0.3) is 0 Å². The fraction of sp³-hybridized carbons (Fsp3) is 0.483. The number of halogens is 1. The summed E-state index contributed by atoms with van der Waals surface area (Å²) >= 11 is 3.58. The highest BCUT2D eigenvalue weighted by molar-refractivity contribution is 9.10. The molecule has 38 heavy (non-hydrogen) atoms. The summed E-state index contributed by atoms with van der Waals surface area (Å²) in [6, 6.07) is 10.1. The van der Waals surface area contributed by atoms with Crippen LogP contribution in [0.3, 0.4) is 0 Å². The van der Waals surface area contributed by atoms with Crippen LogP contribution in [0.15, 0.2) is 47.3 Å². The van der Waals surface area contributed by atoms with Crippen molar-refractivity contribution in [3.05, 3.63) is 53.2 Å². The highest BCUT2D eigenvalue weighted by atomic mass is 79.9. The first-order chi connectivity index (χ1) is 18.6. The predicted octanol–water partition coefficient (Wildman–Crippen LogP) is 5.26. The van der Waals surface area contributed by atoms with Gasteiger partial charge in [0.1, 0.15) is 10.4 Å². The lowest BCUT2D eigenvalue weighted by Gasteiger charge is -2.33. The number of hydrogen-bond acceptors (Lipinski definition) is 6. The number of fused-ring (bicyclic) bond motifs is 2. The van der Waals surface area contributed by atoms with E-state index in [-0.39, 0.29) is 11.5 Å². The number of rotatable bonds is 4. The molecular weight excluding hydrogens is 544 g/mol. The molecule has 1 unspecified atom stereocenters. The van der Waals surface area contributed by atoms with Gasteiger partial charge in [0.05, 0.1) is 22.2 Å². The number of hydrogen-bond donors (Lipinski definition) is 0. The summed E-state index contributed by atoms with van der Waals surface area (Å²) in [7, 11) is 0. The van der Waals surface area contributed by atoms with E-state index in [1.807, 2.05) is 29.1 Å². The Bertz CT molecular complexity index is 1510. The molecule has 1 saturated carbocycles. The molecule has 3 atom stereocenters. The number of aromatic nitrogens is 5. The SMILES string of the molecule is O=C([C@@H]1CC[C@@H](Cc2ncc3c(Br)nn(-c4ccc5ncccc5c4)c3n2)C1)N1CCC2(CCCCO2)C1. The maximum absolute atomic E-state index is 13.4. The van der Waals surface area contributed by atoms with Crippen LogP contribution in [0, 0.1) is 11.8 Å². The van der Waals surface area contributed by atoms with Crippen LogP contribution in [0.5, 0.6) is 0 Å². The minimum atomic E-state index is -0.0755. The molecule has 8 nitrogen and oxygen atoms in total. The quantitative estimate of drug-likeness (QED) is 0.330. The Balaban J connectivity index is 1.06. The second-order valence-corrected chi connectivity index (χ2v) is 11.9. The Labute approximate surface area is 229 Å². The minimum absolute atomic E-state index is 0.0755. The van der Waals surface area contributed by atoms with Crippen molar-refractivity contribution in [2.75, 3.05) is 19.7 Å². The first kappa shape index (κ1) is 24.2. The Kier molecular flexibility index (Phi) is 6.15. The van der Waals surface area contributed by atoms with E-state index in [1.54, 1.807) is 6.20 Å². The molecular formula is C29H31BrN6O2. The molecule has 4 aromatic rings. The van der Waals surface area contributed by atoms with Gasteiger partial charge in [-0.1, -0.05) is 6.07 Å². The summed E-state index contributed by atoms with van der Waals surface area (Å²) in [5.74, 6) is 1.65. The summed E-state index contributed by atoms with van der Waals surface area (Å²) in [6.45, 7) is 2.45. The molecule has 7 rings (SSSR count). The first-order valence-electron chi connectivity index (χ1n) is 13.7. The normalized spacial score (nSPS) is 25.7. The summed E-state index contributed by atoms with van der Waals surface area (Å²) in [5, 5.41) is 6.64. The molecule has 9 heteroatoms. The second-order valence-electron chi connectivity index (χ2n) is 11.2. The Morgan fingerprint density at radius 3 is 3.00 bits per heavy atom. The predicted molar refractivity (Wildman–Crippen MR) is 148 cm³/mol. The van der Waals surface area contributed by atoms with Crippen LogP contribution in [-0.4, -0.2) is 60.8 Å². The van der Waals surface area contributed by atoms with Crippen LogP contribution in [0.4, 0.5) is 0 Å². The van der Waals surface area contributed by atoms with Crippen molar-refractivity contribution in [3.8, 4) is 5.69 Å². The van der Waals surface area contributed by atoms with Crippen LogP contribution in [0.2, 0.25) is 0 Å². The number of pyridine rings is 1. The Morgan fingerprint density at radius 2 is 2.11 bits per heavy atom. The van der Waals surface area contributed by atoms with E-state index in [9.17, 15) is 4.79 Å². The molecule has 0 radical (unpaired) electrons. The second kappa shape index (κ2) is 9.68. The van der Waals surface area contributed by atoms with Gasteiger partial charge in [-0.3, -0.25) is 9.78 Å². The molecule has 1 aliphatic carbocycles. The van der Waals surface area contributed by atoms with Gasteiger partial charge in [0.15, 0.2) is 5.65 Å². The van der Waals surface area contributed by atoms with E-state index in [0.717, 1.165) is 103 Å². The standard InChI is InChI=1S/C29H31BrN6O2/c30-26-23-17-32-25(33-27(23)36(34-26)22-7-8-24-20(16-22)4-3-11-31-24)15-19-5-6-21(14-19)28(37)35-12-10-29(18-35)9-1-2-13-38-29/h3-4,7-8,11,16-17,19,21H,1-2,5-6,9-10,12-15,18H2/t19-,21-,29?/m1/s1. The van der Waals surface area contributed by atoms with Crippen molar-refractivity contribution in [1.29, 1.82) is 0 Å². The van der Waals surface area contributed by atoms with Gasteiger partial charge in [0, 0.05) is 49.8 Å². The highest BCUT2D eigenvalue weighted by Crippen LogP contribution is 2.38. The maximum Gasteiger partial charge on any atom is 0.225 e. The number of benzene rings is 1. The van der Waals surface area contributed by atoms with Gasteiger partial charge in [0.2, 0.25) is 5.91 Å². The highest BCUT2D eigenvalue weighted by Gasteiger charge is 2.44. The zero-order chi connectivity index (χ0) is 25.7. The average molecular weight is 576 g/mol. The maximum atomic E-state index is 13.4. The first-order valence-corrected chi connectivity index (χ1v) is 14.5. The summed E-state index contributed by atoms with van der Waals surface area (Å²) in [5.41, 5.74) is 2.59. The van der Waals surface area contributed by atoms with E-state index >= 15 is 0 Å². The number of carbonyl (C=O) groups is 1. The van der Waals surface area contributed by atoms with Crippen molar-refractivity contribution in [1.82, 2.24) is 29.6 Å². The van der Waals surface area contributed by atoms with Crippen molar-refractivity contribution in [3.63, 3.8) is 0 Å². The third kappa shape index (κ3) is 4.39. The molecule has 1 amide bonds. The van der Waals surface area contributed by atoms with Crippen molar-refractivity contribution in [2.24, 2.45) is 11.8 Å². The molecule has 1 aromatic carbocycles. The van der Waals surface area contributed by atoms with E-state index in [0.29, 0.717) is 11.8 Å². The van der Waals surface area contributed by atoms with Crippen LogP contribution in [-0.2, 0) is 16.0 Å². The van der Waals surface area contributed by atoms with Gasteiger partial charge in [-0.2, -0.15) is 5.10 Å². The largest absolute Gasteiger partial charge is 0.373 e. The molecule has 2 aliphatic heterocycles. The fourth-order valence-corrected chi connectivity index (χ4v) is 7.08. The van der Waals surface area contributed by atoms with Crippen LogP contribution in [0.25, 0.3) is 27.6 Å². The lowest BCUT2D eigenvalue weighted by atomic mass is 9.93. The molecule has 5 heterocycles. The Hall–Kier alpha value is -2.91. The van der Waals surface area contributed by atoms with Crippen LogP contribution < -0.4 is 0 Å². The van der Waals surface area contributed by atoms with E-state index in [4.69, 9.17) is 14.8 Å². The van der Waals surface area contributed by atoms with Gasteiger partial charge in [-0.15, -0.1) is 0 Å². The molecule has 196 valence electrons. The summed E-state index contributed by atoms with van der Waals surface area (Å²) in [4.78, 5) is 29.5. The summed E-state index contributed by atoms with van der Waals surface area (Å²) < 4.78 is 8.74. The van der Waals surface area contributed by atoms with Crippen molar-refractivity contribution < 1.29 is 9.53 Å². The zero-order valence-electron chi connectivity index (χ0n) is 21.4. The number of carbonyl (C=O) groups excluding carboxylic acids is 1. The number of amides is 1. The molecule has 2 saturated heterocycles. The van der Waals surface area contributed by atoms with E-state index in [1.165, 1.54) is 6.42 Å². The van der Waals surface area contributed by atoms with Crippen molar-refractivity contribution >= 4 is 43.8 Å². The number of likely N-dealkylation sites (tertiary alicyclic amines) is 1. The Morgan fingerprint density at radius 1 is 1.16 bits per heavy atom. The summed E-state index contributed by atoms with van der Waals surface area (Å²) in [6.07, 6.45) is 11.8. The zero-order valence-corrected chi connectivity index (χ0v) is 22.9. The average Bonchev–Trinajstić information content (AvgIpc) is 3.66. The van der Waals surface area contributed by atoms with Crippen molar-refractivity contribution in [2.45, 2.75) is 57.0 Å². The van der Waals surface area contributed by atoms with E-state index in [2.05, 4.69) is 42.9 Å². The fourth-order valence-electron chi connectivity index (χ4n) is 6.64. The van der Waals surface area contributed by atoms with Crippen LogP contribution >= 0.6 is 15.9 Å². The lowest BCUT2D eigenvalue weighted by Crippen LogP contribution is -2.42. The third-order valence-corrected chi connectivity index (χ3v) is 9.27. The monoisotopic (exact) mass is 574 g/mol. The topological polar surface area (TPSA) is 86.0 Å². The van der Waals surface area contributed by atoms with Gasteiger partial charge in [-0.25, -0.2) is 14.6 Å². The molecule has 1 spiro atoms. The number of ether oxygens (including phenoxy) is 1. The molecule has 3 aliphatic rings. The van der Waals surface area contributed by atoms with Crippen LogP contribution in [0.1, 0.15) is 50.8 Å². The lowest BCUT2D eigenvalue weighted by molar-refractivity contribution is -0.136.